The van der Waals surface area contributed by atoms with E-state index in [0.717, 1.165) is 5.56 Å². The molecule has 0 aromatic heterocycles. The van der Waals surface area contributed by atoms with Crippen molar-refractivity contribution in [2.24, 2.45) is 0 Å². The highest BCUT2D eigenvalue weighted by Gasteiger charge is 2.09. The number of methoxy groups -OCH3 is 1. The van der Waals surface area contributed by atoms with Gasteiger partial charge in [0.25, 0.3) is 0 Å². The molecule has 0 bridgehead atoms. The van der Waals surface area contributed by atoms with Gasteiger partial charge in [0.1, 0.15) is 11.6 Å². The van der Waals surface area contributed by atoms with Crippen molar-refractivity contribution in [2.75, 3.05) is 24.3 Å². The zero-order valence-electron chi connectivity index (χ0n) is 12.2. The molecule has 1 amide bonds. The molecule has 0 aliphatic heterocycles. The quantitative estimate of drug-likeness (QED) is 0.879. The average molecular weight is 323 g/mol. The van der Waals surface area contributed by atoms with E-state index in [0.29, 0.717) is 16.5 Å². The molecule has 22 heavy (non-hydrogen) atoms. The van der Waals surface area contributed by atoms with Gasteiger partial charge in [-0.3, -0.25) is 4.79 Å². The minimum Gasteiger partial charge on any atom is -0.495 e. The van der Waals surface area contributed by atoms with Crippen molar-refractivity contribution in [3.63, 3.8) is 0 Å². The van der Waals surface area contributed by atoms with E-state index in [1.165, 1.54) is 13.2 Å². The molecule has 0 unspecified atom stereocenters. The summed E-state index contributed by atoms with van der Waals surface area (Å²) in [6.45, 7) is 1.72. The minimum absolute atomic E-state index is 0.0738. The van der Waals surface area contributed by atoms with Crippen molar-refractivity contribution in [2.45, 2.75) is 6.92 Å². The van der Waals surface area contributed by atoms with E-state index < -0.39 is 5.82 Å². The van der Waals surface area contributed by atoms with Gasteiger partial charge in [0.05, 0.1) is 25.0 Å². The molecule has 0 aliphatic rings. The van der Waals surface area contributed by atoms with Crippen LogP contribution in [0.2, 0.25) is 5.02 Å². The second-order valence-electron chi connectivity index (χ2n) is 4.73. The Morgan fingerprint density at radius 1 is 1.23 bits per heavy atom. The third kappa shape index (κ3) is 4.11. The molecule has 0 saturated carbocycles. The molecule has 0 atom stereocenters. The maximum atomic E-state index is 13.7. The van der Waals surface area contributed by atoms with Gasteiger partial charge in [0.15, 0.2) is 0 Å². The predicted molar refractivity (Wildman–Crippen MR) is 86.3 cm³/mol. The van der Waals surface area contributed by atoms with Gasteiger partial charge in [-0.25, -0.2) is 4.39 Å². The SMILES string of the molecule is COc1ccc(Cl)cc1NC(=O)CNc1ccc(C)cc1F. The van der Waals surface area contributed by atoms with Crippen LogP contribution in [0.25, 0.3) is 0 Å². The van der Waals surface area contributed by atoms with Gasteiger partial charge >= 0.3 is 0 Å². The number of halogens is 2. The molecule has 0 spiro atoms. The van der Waals surface area contributed by atoms with E-state index in [4.69, 9.17) is 16.3 Å². The molecule has 0 saturated heterocycles. The monoisotopic (exact) mass is 322 g/mol. The number of hydrogen-bond acceptors (Lipinski definition) is 3. The molecule has 2 aromatic rings. The highest BCUT2D eigenvalue weighted by molar-refractivity contribution is 6.31. The van der Waals surface area contributed by atoms with Crippen molar-refractivity contribution in [3.8, 4) is 5.75 Å². The number of benzene rings is 2. The van der Waals surface area contributed by atoms with Crippen LogP contribution in [0.15, 0.2) is 36.4 Å². The Hall–Kier alpha value is -2.27. The van der Waals surface area contributed by atoms with Gasteiger partial charge in [-0.1, -0.05) is 17.7 Å². The number of carbonyl (C=O) groups is 1. The van der Waals surface area contributed by atoms with Crippen molar-refractivity contribution < 1.29 is 13.9 Å². The number of carbonyl (C=O) groups excluding carboxylic acids is 1. The van der Waals surface area contributed by atoms with Crippen LogP contribution in [-0.2, 0) is 4.79 Å². The first kappa shape index (κ1) is 16.1. The zero-order valence-corrected chi connectivity index (χ0v) is 13.0. The highest BCUT2D eigenvalue weighted by atomic mass is 35.5. The van der Waals surface area contributed by atoms with Crippen molar-refractivity contribution in [3.05, 3.63) is 52.8 Å². The maximum absolute atomic E-state index is 13.7. The molecule has 2 N–H and O–H groups in total. The first-order valence-electron chi connectivity index (χ1n) is 6.63. The molecular formula is C16H16ClFN2O2. The lowest BCUT2D eigenvalue weighted by molar-refractivity contribution is -0.114. The summed E-state index contributed by atoms with van der Waals surface area (Å²) < 4.78 is 18.8. The van der Waals surface area contributed by atoms with Gasteiger partial charge in [-0.15, -0.1) is 0 Å². The Bertz CT molecular complexity index is 692. The van der Waals surface area contributed by atoms with E-state index in [9.17, 15) is 9.18 Å². The summed E-state index contributed by atoms with van der Waals surface area (Å²) in [4.78, 5) is 11.9. The second-order valence-corrected chi connectivity index (χ2v) is 5.17. The number of amides is 1. The topological polar surface area (TPSA) is 50.4 Å². The molecular weight excluding hydrogens is 307 g/mol. The molecule has 2 rings (SSSR count). The van der Waals surface area contributed by atoms with Gasteiger partial charge < -0.3 is 15.4 Å². The summed E-state index contributed by atoms with van der Waals surface area (Å²) in [7, 11) is 1.50. The fraction of sp³-hybridized carbons (Fsp3) is 0.188. The van der Waals surface area contributed by atoms with Crippen LogP contribution in [0.5, 0.6) is 5.75 Å². The van der Waals surface area contributed by atoms with Crippen molar-refractivity contribution >= 4 is 28.9 Å². The standard InChI is InChI=1S/C16H16ClFN2O2/c1-10-3-5-13(12(18)7-10)19-9-16(21)20-14-8-11(17)4-6-15(14)22-2/h3-8,19H,9H2,1-2H3,(H,20,21). The fourth-order valence-corrected chi connectivity index (χ4v) is 2.08. The Morgan fingerprint density at radius 3 is 2.68 bits per heavy atom. The van der Waals surface area contributed by atoms with Gasteiger partial charge in [-0.05, 0) is 42.8 Å². The average Bonchev–Trinajstić information content (AvgIpc) is 2.46. The number of rotatable bonds is 5. The largest absolute Gasteiger partial charge is 0.495 e. The number of hydrogen-bond donors (Lipinski definition) is 2. The van der Waals surface area contributed by atoms with E-state index in [1.807, 2.05) is 0 Å². The smallest absolute Gasteiger partial charge is 0.243 e. The lowest BCUT2D eigenvalue weighted by Crippen LogP contribution is -2.22. The number of aryl methyl sites for hydroxylation is 1. The Labute approximate surface area is 133 Å². The van der Waals surface area contributed by atoms with Gasteiger partial charge in [0, 0.05) is 5.02 Å². The van der Waals surface area contributed by atoms with Crippen LogP contribution < -0.4 is 15.4 Å². The Morgan fingerprint density at radius 2 is 2.00 bits per heavy atom. The van der Waals surface area contributed by atoms with Crippen LogP contribution in [0, 0.1) is 12.7 Å². The van der Waals surface area contributed by atoms with Crippen LogP contribution in [0.4, 0.5) is 15.8 Å². The molecule has 6 heteroatoms. The Kier molecular flexibility index (Phi) is 5.22. The maximum Gasteiger partial charge on any atom is 0.243 e. The summed E-state index contributed by atoms with van der Waals surface area (Å²) in [5.74, 6) is -0.229. The molecule has 0 fully saturated rings. The van der Waals surface area contributed by atoms with E-state index in [2.05, 4.69) is 10.6 Å². The normalized spacial score (nSPS) is 10.2. The van der Waals surface area contributed by atoms with Crippen molar-refractivity contribution in [1.29, 1.82) is 0 Å². The minimum atomic E-state index is -0.395. The summed E-state index contributed by atoms with van der Waals surface area (Å²) in [5.41, 5.74) is 1.56. The lowest BCUT2D eigenvalue weighted by Gasteiger charge is -2.12. The summed E-state index contributed by atoms with van der Waals surface area (Å²) in [5, 5.41) is 5.90. The molecule has 4 nitrogen and oxygen atoms in total. The zero-order chi connectivity index (χ0) is 16.1. The second kappa shape index (κ2) is 7.13. The number of ether oxygens (including phenoxy) is 1. The predicted octanol–water partition coefficient (Wildman–Crippen LogP) is 3.85. The highest BCUT2D eigenvalue weighted by Crippen LogP contribution is 2.27. The first-order chi connectivity index (χ1) is 10.5. The van der Waals surface area contributed by atoms with Crippen LogP contribution in [-0.4, -0.2) is 19.6 Å². The Balaban J connectivity index is 2.00. The fourth-order valence-electron chi connectivity index (χ4n) is 1.91. The summed E-state index contributed by atoms with van der Waals surface area (Å²) in [6.07, 6.45) is 0. The summed E-state index contributed by atoms with van der Waals surface area (Å²) >= 11 is 5.89. The molecule has 116 valence electrons. The number of anilines is 2. The van der Waals surface area contributed by atoms with Crippen LogP contribution in [0.3, 0.4) is 0 Å². The van der Waals surface area contributed by atoms with E-state index >= 15 is 0 Å². The van der Waals surface area contributed by atoms with Gasteiger partial charge in [-0.2, -0.15) is 0 Å². The van der Waals surface area contributed by atoms with E-state index in [-0.39, 0.29) is 18.1 Å². The lowest BCUT2D eigenvalue weighted by atomic mass is 10.2. The summed E-state index contributed by atoms with van der Waals surface area (Å²) in [6, 6.07) is 9.67. The molecule has 0 heterocycles. The van der Waals surface area contributed by atoms with Crippen LogP contribution >= 0.6 is 11.6 Å². The first-order valence-corrected chi connectivity index (χ1v) is 7.01. The molecule has 0 aliphatic carbocycles. The molecule has 0 radical (unpaired) electrons. The third-order valence-electron chi connectivity index (χ3n) is 3.00. The van der Waals surface area contributed by atoms with Gasteiger partial charge in [0.2, 0.25) is 5.91 Å². The van der Waals surface area contributed by atoms with E-state index in [1.54, 1.807) is 37.3 Å². The van der Waals surface area contributed by atoms with Crippen molar-refractivity contribution in [1.82, 2.24) is 0 Å². The number of nitrogens with one attached hydrogen (secondary N) is 2. The third-order valence-corrected chi connectivity index (χ3v) is 3.23. The molecule has 2 aromatic carbocycles. The van der Waals surface area contributed by atoms with Crippen LogP contribution in [0.1, 0.15) is 5.56 Å².